The lowest BCUT2D eigenvalue weighted by atomic mass is 9.81. The Balaban J connectivity index is 2.42. The van der Waals surface area contributed by atoms with Crippen LogP contribution in [-0.2, 0) is 5.41 Å². The van der Waals surface area contributed by atoms with E-state index < -0.39 is 0 Å². The van der Waals surface area contributed by atoms with E-state index in [1.807, 2.05) is 6.20 Å². The Morgan fingerprint density at radius 3 is 2.87 bits per heavy atom. The minimum atomic E-state index is 0.195. The van der Waals surface area contributed by atoms with Crippen LogP contribution in [0.5, 0.6) is 0 Å². The third-order valence-electron chi connectivity index (χ3n) is 2.93. The summed E-state index contributed by atoms with van der Waals surface area (Å²) in [6, 6.07) is 2.16. The van der Waals surface area contributed by atoms with Crippen molar-refractivity contribution in [1.82, 2.24) is 15.0 Å². The first-order valence-corrected chi connectivity index (χ1v) is 5.43. The Labute approximate surface area is 90.0 Å². The van der Waals surface area contributed by atoms with Crippen molar-refractivity contribution < 1.29 is 0 Å². The molecule has 0 fully saturated rings. The highest BCUT2D eigenvalue weighted by molar-refractivity contribution is 5.70. The molecule has 0 unspecified atom stereocenters. The Morgan fingerprint density at radius 2 is 2.13 bits per heavy atom. The second kappa shape index (κ2) is 3.65. The predicted octanol–water partition coefficient (Wildman–Crippen LogP) is 3.04. The highest BCUT2D eigenvalue weighted by Crippen LogP contribution is 2.28. The molecule has 1 N–H and O–H groups in total. The summed E-state index contributed by atoms with van der Waals surface area (Å²) in [6.45, 7) is 6.73. The SMILES string of the molecule is CCCC(C)(C)c1cnc2nc[nH]c2c1. The Morgan fingerprint density at radius 1 is 1.33 bits per heavy atom. The van der Waals surface area contributed by atoms with Gasteiger partial charge in [-0.1, -0.05) is 27.2 Å². The maximum Gasteiger partial charge on any atom is 0.177 e. The Kier molecular flexibility index (Phi) is 2.47. The minimum absolute atomic E-state index is 0.195. The molecule has 3 heteroatoms. The smallest absolute Gasteiger partial charge is 0.177 e. The summed E-state index contributed by atoms with van der Waals surface area (Å²) in [4.78, 5) is 11.6. The average Bonchev–Trinajstić information content (AvgIpc) is 2.63. The van der Waals surface area contributed by atoms with Gasteiger partial charge in [0.1, 0.15) is 0 Å². The fraction of sp³-hybridized carbons (Fsp3) is 0.500. The molecule has 3 nitrogen and oxygen atoms in total. The van der Waals surface area contributed by atoms with Crippen LogP contribution < -0.4 is 0 Å². The quantitative estimate of drug-likeness (QED) is 0.833. The monoisotopic (exact) mass is 203 g/mol. The molecule has 15 heavy (non-hydrogen) atoms. The number of nitrogens with zero attached hydrogens (tertiary/aromatic N) is 2. The molecule has 0 aromatic carbocycles. The molecule has 0 aliphatic carbocycles. The van der Waals surface area contributed by atoms with Gasteiger partial charge in [-0.05, 0) is 23.5 Å². The van der Waals surface area contributed by atoms with Crippen molar-refractivity contribution in [3.63, 3.8) is 0 Å². The van der Waals surface area contributed by atoms with Gasteiger partial charge in [-0.25, -0.2) is 9.97 Å². The molecule has 0 radical (unpaired) electrons. The number of H-pyrrole nitrogens is 1. The number of aromatic amines is 1. The third kappa shape index (κ3) is 1.87. The molecule has 0 saturated carbocycles. The van der Waals surface area contributed by atoms with Gasteiger partial charge in [0, 0.05) is 6.20 Å². The molecule has 0 aliphatic rings. The summed E-state index contributed by atoms with van der Waals surface area (Å²) in [6.07, 6.45) is 6.00. The maximum atomic E-state index is 4.35. The average molecular weight is 203 g/mol. The summed E-state index contributed by atoms with van der Waals surface area (Å²) >= 11 is 0. The van der Waals surface area contributed by atoms with Crippen LogP contribution in [0.1, 0.15) is 39.2 Å². The molecule has 0 spiro atoms. The van der Waals surface area contributed by atoms with E-state index in [1.165, 1.54) is 18.4 Å². The first kappa shape index (κ1) is 10.1. The number of nitrogens with one attached hydrogen (secondary N) is 1. The number of hydrogen-bond donors (Lipinski definition) is 1. The molecular formula is C12H17N3. The standard InChI is InChI=1S/C12H17N3/c1-4-5-12(2,3)9-6-10-11(13-7-9)15-8-14-10/h6-8H,4-5H2,1-3H3,(H,13,14,15). The molecule has 0 bridgehead atoms. The minimum Gasteiger partial charge on any atom is -0.343 e. The van der Waals surface area contributed by atoms with Gasteiger partial charge in [0.05, 0.1) is 11.8 Å². The van der Waals surface area contributed by atoms with E-state index in [0.29, 0.717) is 0 Å². The van der Waals surface area contributed by atoms with Crippen LogP contribution in [0.15, 0.2) is 18.6 Å². The molecule has 0 atom stereocenters. The zero-order chi connectivity index (χ0) is 10.9. The summed E-state index contributed by atoms with van der Waals surface area (Å²) in [5.74, 6) is 0. The van der Waals surface area contributed by atoms with Crippen molar-refractivity contribution in [1.29, 1.82) is 0 Å². The van der Waals surface area contributed by atoms with E-state index in [-0.39, 0.29) is 5.41 Å². The molecular weight excluding hydrogens is 186 g/mol. The molecule has 0 amide bonds. The molecule has 0 aliphatic heterocycles. The molecule has 80 valence electrons. The first-order valence-electron chi connectivity index (χ1n) is 5.43. The zero-order valence-electron chi connectivity index (χ0n) is 9.54. The van der Waals surface area contributed by atoms with Crippen molar-refractivity contribution in [2.24, 2.45) is 0 Å². The van der Waals surface area contributed by atoms with Crippen LogP contribution in [0.25, 0.3) is 11.2 Å². The van der Waals surface area contributed by atoms with Crippen LogP contribution in [0.3, 0.4) is 0 Å². The van der Waals surface area contributed by atoms with Crippen LogP contribution in [0.2, 0.25) is 0 Å². The molecule has 2 rings (SSSR count). The summed E-state index contributed by atoms with van der Waals surface area (Å²) in [5, 5.41) is 0. The van der Waals surface area contributed by atoms with Gasteiger partial charge in [0.2, 0.25) is 0 Å². The fourth-order valence-corrected chi connectivity index (χ4v) is 1.97. The summed E-state index contributed by atoms with van der Waals surface area (Å²) in [7, 11) is 0. The number of fused-ring (bicyclic) bond motifs is 1. The van der Waals surface area contributed by atoms with Crippen LogP contribution in [0.4, 0.5) is 0 Å². The van der Waals surface area contributed by atoms with Gasteiger partial charge in [-0.2, -0.15) is 0 Å². The number of rotatable bonds is 3. The number of hydrogen-bond acceptors (Lipinski definition) is 2. The molecule has 2 aromatic heterocycles. The van der Waals surface area contributed by atoms with E-state index in [2.05, 4.69) is 41.8 Å². The lowest BCUT2D eigenvalue weighted by Gasteiger charge is -2.24. The van der Waals surface area contributed by atoms with E-state index in [9.17, 15) is 0 Å². The van der Waals surface area contributed by atoms with Crippen LogP contribution in [-0.4, -0.2) is 15.0 Å². The molecule has 2 heterocycles. The lowest BCUT2D eigenvalue weighted by molar-refractivity contribution is 0.472. The van der Waals surface area contributed by atoms with E-state index in [0.717, 1.165) is 11.2 Å². The van der Waals surface area contributed by atoms with Crippen molar-refractivity contribution in [2.75, 3.05) is 0 Å². The van der Waals surface area contributed by atoms with Gasteiger partial charge < -0.3 is 4.98 Å². The van der Waals surface area contributed by atoms with Gasteiger partial charge in [0.25, 0.3) is 0 Å². The first-order chi connectivity index (χ1) is 7.13. The highest BCUT2D eigenvalue weighted by atomic mass is 14.9. The zero-order valence-corrected chi connectivity index (χ0v) is 9.54. The largest absolute Gasteiger partial charge is 0.343 e. The molecule has 0 saturated heterocycles. The summed E-state index contributed by atoms with van der Waals surface area (Å²) in [5.41, 5.74) is 3.30. The lowest BCUT2D eigenvalue weighted by Crippen LogP contribution is -2.16. The number of pyridine rings is 1. The number of aromatic nitrogens is 3. The Bertz CT molecular complexity index is 457. The van der Waals surface area contributed by atoms with E-state index >= 15 is 0 Å². The number of imidazole rings is 1. The second-order valence-electron chi connectivity index (χ2n) is 4.63. The van der Waals surface area contributed by atoms with Crippen LogP contribution >= 0.6 is 0 Å². The normalized spacial score (nSPS) is 12.2. The van der Waals surface area contributed by atoms with E-state index in [4.69, 9.17) is 0 Å². The fourth-order valence-electron chi connectivity index (χ4n) is 1.97. The van der Waals surface area contributed by atoms with Gasteiger partial charge in [-0.3, -0.25) is 0 Å². The van der Waals surface area contributed by atoms with E-state index in [1.54, 1.807) is 6.33 Å². The second-order valence-corrected chi connectivity index (χ2v) is 4.63. The van der Waals surface area contributed by atoms with Crippen molar-refractivity contribution >= 4 is 11.2 Å². The predicted molar refractivity (Wildman–Crippen MR) is 61.8 cm³/mol. The van der Waals surface area contributed by atoms with Crippen molar-refractivity contribution in [3.05, 3.63) is 24.2 Å². The topological polar surface area (TPSA) is 41.6 Å². The third-order valence-corrected chi connectivity index (χ3v) is 2.93. The Hall–Kier alpha value is -1.38. The van der Waals surface area contributed by atoms with Crippen LogP contribution in [0, 0.1) is 0 Å². The highest BCUT2D eigenvalue weighted by Gasteiger charge is 2.20. The van der Waals surface area contributed by atoms with Gasteiger partial charge in [-0.15, -0.1) is 0 Å². The van der Waals surface area contributed by atoms with Gasteiger partial charge in [0.15, 0.2) is 5.65 Å². The summed E-state index contributed by atoms with van der Waals surface area (Å²) < 4.78 is 0. The maximum absolute atomic E-state index is 4.35. The van der Waals surface area contributed by atoms with Gasteiger partial charge >= 0.3 is 0 Å². The van der Waals surface area contributed by atoms with Crippen molar-refractivity contribution in [3.8, 4) is 0 Å². The van der Waals surface area contributed by atoms with Crippen molar-refractivity contribution in [2.45, 2.75) is 39.0 Å². The molecule has 2 aromatic rings.